The molecule has 3 rings (SSSR count). The first-order chi connectivity index (χ1) is 14.0. The maximum atomic E-state index is 13.1. The highest BCUT2D eigenvalue weighted by atomic mass is 32.2. The van der Waals surface area contributed by atoms with E-state index in [1.54, 1.807) is 12.1 Å². The van der Waals surface area contributed by atoms with Gasteiger partial charge in [-0.25, -0.2) is 21.1 Å². The van der Waals surface area contributed by atoms with Crippen LogP contribution in [0.15, 0.2) is 58.3 Å². The molecule has 1 atom stereocenters. The Bertz CT molecular complexity index is 1130. The van der Waals surface area contributed by atoms with Crippen molar-refractivity contribution in [2.45, 2.75) is 35.6 Å². The number of sulfonamides is 2. The highest BCUT2D eigenvalue weighted by Gasteiger charge is 2.39. The van der Waals surface area contributed by atoms with Crippen LogP contribution in [0.1, 0.15) is 18.4 Å². The SMILES string of the molecule is Cc1ccc(NC(=O)[C@H]2CCCN2S(=O)(=O)c2ccc(S(=O)(=O)N(C)C)cc2)cc1. The van der Waals surface area contributed by atoms with Crippen LogP contribution in [-0.2, 0) is 24.8 Å². The predicted molar refractivity (Wildman–Crippen MR) is 114 cm³/mol. The van der Waals surface area contributed by atoms with Crippen molar-refractivity contribution in [2.75, 3.05) is 26.0 Å². The summed E-state index contributed by atoms with van der Waals surface area (Å²) in [6.07, 6.45) is 0.988. The molecule has 1 amide bonds. The fourth-order valence-electron chi connectivity index (χ4n) is 3.28. The minimum atomic E-state index is -3.95. The van der Waals surface area contributed by atoms with E-state index in [2.05, 4.69) is 5.32 Å². The number of anilines is 1. The van der Waals surface area contributed by atoms with Crippen molar-refractivity contribution >= 4 is 31.6 Å². The van der Waals surface area contributed by atoms with Gasteiger partial charge in [-0.15, -0.1) is 0 Å². The molecule has 162 valence electrons. The normalized spacial score (nSPS) is 17.9. The van der Waals surface area contributed by atoms with Gasteiger partial charge in [-0.3, -0.25) is 4.79 Å². The first-order valence-corrected chi connectivity index (χ1v) is 12.3. The summed E-state index contributed by atoms with van der Waals surface area (Å²) >= 11 is 0. The first kappa shape index (κ1) is 22.4. The fourth-order valence-corrected chi connectivity index (χ4v) is 5.84. The van der Waals surface area contributed by atoms with Gasteiger partial charge >= 0.3 is 0 Å². The molecule has 2 aromatic carbocycles. The van der Waals surface area contributed by atoms with Crippen molar-refractivity contribution in [3.05, 3.63) is 54.1 Å². The quantitative estimate of drug-likeness (QED) is 0.724. The number of benzene rings is 2. The van der Waals surface area contributed by atoms with Crippen molar-refractivity contribution in [3.63, 3.8) is 0 Å². The molecule has 2 aromatic rings. The molecule has 1 fully saturated rings. The molecule has 30 heavy (non-hydrogen) atoms. The summed E-state index contributed by atoms with van der Waals surface area (Å²) in [7, 11) is -4.80. The van der Waals surface area contributed by atoms with Crippen molar-refractivity contribution in [1.29, 1.82) is 0 Å². The number of rotatable bonds is 6. The molecule has 1 heterocycles. The molecule has 1 N–H and O–H groups in total. The maximum absolute atomic E-state index is 13.1. The standard InChI is InChI=1S/C20H25N3O5S2/c1-15-6-8-16(9-7-15)21-20(24)19-5-4-14-23(19)30(27,28)18-12-10-17(11-13-18)29(25,26)22(2)3/h6-13,19H,4-5,14H2,1-3H3,(H,21,24)/t19-/m1/s1. The number of carbonyl (C=O) groups is 1. The van der Waals surface area contributed by atoms with Gasteiger partial charge in [0.25, 0.3) is 0 Å². The van der Waals surface area contributed by atoms with Crippen LogP contribution in [0.4, 0.5) is 5.69 Å². The number of nitrogens with zero attached hydrogens (tertiary/aromatic N) is 2. The van der Waals surface area contributed by atoms with Crippen LogP contribution in [0, 0.1) is 6.92 Å². The molecule has 0 aromatic heterocycles. The van der Waals surface area contributed by atoms with Gasteiger partial charge < -0.3 is 5.32 Å². The lowest BCUT2D eigenvalue weighted by Gasteiger charge is -2.23. The van der Waals surface area contributed by atoms with Crippen molar-refractivity contribution in [1.82, 2.24) is 8.61 Å². The maximum Gasteiger partial charge on any atom is 0.243 e. The summed E-state index contributed by atoms with van der Waals surface area (Å²) in [5.74, 6) is -0.383. The minimum absolute atomic E-state index is 0.00142. The van der Waals surface area contributed by atoms with Crippen LogP contribution in [0.25, 0.3) is 0 Å². The summed E-state index contributed by atoms with van der Waals surface area (Å²) in [4.78, 5) is 12.7. The predicted octanol–water partition coefficient (Wildman–Crippen LogP) is 2.04. The molecule has 1 aliphatic heterocycles. The number of hydrogen-bond donors (Lipinski definition) is 1. The average molecular weight is 452 g/mol. The largest absolute Gasteiger partial charge is 0.325 e. The van der Waals surface area contributed by atoms with Gasteiger partial charge in [0, 0.05) is 26.3 Å². The zero-order chi connectivity index (χ0) is 22.1. The molecule has 1 saturated heterocycles. The molecular formula is C20H25N3O5S2. The van der Waals surface area contributed by atoms with Crippen LogP contribution in [0.2, 0.25) is 0 Å². The van der Waals surface area contributed by atoms with Gasteiger partial charge in [-0.05, 0) is 56.2 Å². The summed E-state index contributed by atoms with van der Waals surface area (Å²) in [5.41, 5.74) is 1.66. The van der Waals surface area contributed by atoms with E-state index in [1.807, 2.05) is 19.1 Å². The first-order valence-electron chi connectivity index (χ1n) is 9.45. The number of nitrogens with one attached hydrogen (secondary N) is 1. The van der Waals surface area contributed by atoms with Gasteiger partial charge in [-0.2, -0.15) is 4.31 Å². The van der Waals surface area contributed by atoms with Crippen LogP contribution >= 0.6 is 0 Å². The zero-order valence-corrected chi connectivity index (χ0v) is 18.7. The van der Waals surface area contributed by atoms with Crippen LogP contribution < -0.4 is 5.32 Å². The van der Waals surface area contributed by atoms with E-state index < -0.39 is 26.1 Å². The highest BCUT2D eigenvalue weighted by Crippen LogP contribution is 2.28. The number of hydrogen-bond acceptors (Lipinski definition) is 5. The van der Waals surface area contributed by atoms with E-state index in [0.717, 1.165) is 9.87 Å². The van der Waals surface area contributed by atoms with Gasteiger partial charge in [0.05, 0.1) is 9.79 Å². The van der Waals surface area contributed by atoms with Crippen LogP contribution in [0.3, 0.4) is 0 Å². The van der Waals surface area contributed by atoms with E-state index in [0.29, 0.717) is 18.5 Å². The molecule has 0 radical (unpaired) electrons. The molecule has 1 aliphatic rings. The Kier molecular flexibility index (Phi) is 6.32. The van der Waals surface area contributed by atoms with Gasteiger partial charge in [0.15, 0.2) is 0 Å². The van der Waals surface area contributed by atoms with Gasteiger partial charge in [0.1, 0.15) is 6.04 Å². The van der Waals surface area contributed by atoms with Crippen molar-refractivity contribution < 1.29 is 21.6 Å². The molecule has 0 saturated carbocycles. The summed E-state index contributed by atoms with van der Waals surface area (Å²) in [6, 6.07) is 11.5. The number of aryl methyl sites for hydroxylation is 1. The van der Waals surface area contributed by atoms with E-state index in [4.69, 9.17) is 0 Å². The molecule has 10 heteroatoms. The Morgan fingerprint density at radius 1 is 0.967 bits per heavy atom. The van der Waals surface area contributed by atoms with Crippen molar-refractivity contribution in [3.8, 4) is 0 Å². The van der Waals surface area contributed by atoms with Gasteiger partial charge in [-0.1, -0.05) is 17.7 Å². The Balaban J connectivity index is 1.82. The summed E-state index contributed by atoms with van der Waals surface area (Å²) < 4.78 is 52.9. The Labute approximate surface area is 177 Å². The molecule has 0 aliphatic carbocycles. The Morgan fingerprint density at radius 2 is 1.53 bits per heavy atom. The average Bonchev–Trinajstić information content (AvgIpc) is 3.20. The smallest absolute Gasteiger partial charge is 0.243 e. The highest BCUT2D eigenvalue weighted by molar-refractivity contribution is 7.89. The third-order valence-electron chi connectivity index (χ3n) is 5.03. The molecule has 0 spiro atoms. The lowest BCUT2D eigenvalue weighted by molar-refractivity contribution is -0.119. The summed E-state index contributed by atoms with van der Waals surface area (Å²) in [6.45, 7) is 2.16. The minimum Gasteiger partial charge on any atom is -0.325 e. The summed E-state index contributed by atoms with van der Waals surface area (Å²) in [5, 5.41) is 2.78. The Morgan fingerprint density at radius 3 is 2.10 bits per heavy atom. The van der Waals surface area contributed by atoms with Gasteiger partial charge in [0.2, 0.25) is 26.0 Å². The monoisotopic (exact) mass is 451 g/mol. The second kappa shape index (κ2) is 8.46. The van der Waals surface area contributed by atoms with Crippen molar-refractivity contribution in [2.24, 2.45) is 0 Å². The lowest BCUT2D eigenvalue weighted by Crippen LogP contribution is -2.43. The van der Waals surface area contributed by atoms with E-state index in [9.17, 15) is 21.6 Å². The fraction of sp³-hybridized carbons (Fsp3) is 0.350. The number of amides is 1. The van der Waals surface area contributed by atoms with E-state index in [1.165, 1.54) is 42.7 Å². The molecule has 0 bridgehead atoms. The third kappa shape index (κ3) is 4.41. The third-order valence-corrected chi connectivity index (χ3v) is 8.79. The van der Waals surface area contributed by atoms with Crippen LogP contribution in [-0.4, -0.2) is 58.0 Å². The molecule has 8 nitrogen and oxygen atoms in total. The lowest BCUT2D eigenvalue weighted by atomic mass is 10.2. The number of carbonyl (C=O) groups excluding carboxylic acids is 1. The van der Waals surface area contributed by atoms with E-state index >= 15 is 0 Å². The second-order valence-electron chi connectivity index (χ2n) is 7.39. The van der Waals surface area contributed by atoms with E-state index in [-0.39, 0.29) is 22.2 Å². The molecular weight excluding hydrogens is 426 g/mol. The zero-order valence-electron chi connectivity index (χ0n) is 17.1. The molecule has 0 unspecified atom stereocenters. The van der Waals surface area contributed by atoms with Crippen LogP contribution in [0.5, 0.6) is 0 Å². The topological polar surface area (TPSA) is 104 Å². The Hall–Kier alpha value is -2.27. The second-order valence-corrected chi connectivity index (χ2v) is 11.4.